The van der Waals surface area contributed by atoms with Crippen LogP contribution in [0.5, 0.6) is 5.75 Å². The summed E-state index contributed by atoms with van der Waals surface area (Å²) in [6.45, 7) is 1.19. The lowest BCUT2D eigenvalue weighted by atomic mass is 9.80. The number of ether oxygens (including phenoxy) is 1. The van der Waals surface area contributed by atoms with E-state index in [1.54, 1.807) is 15.8 Å². The van der Waals surface area contributed by atoms with E-state index in [9.17, 15) is 14.7 Å². The third-order valence-corrected chi connectivity index (χ3v) is 8.76. The Morgan fingerprint density at radius 3 is 2.82 bits per heavy atom. The largest absolute Gasteiger partial charge is 0.502 e. The number of benzene rings is 2. The molecule has 1 aromatic heterocycles. The van der Waals surface area contributed by atoms with Crippen molar-refractivity contribution in [1.29, 1.82) is 0 Å². The van der Waals surface area contributed by atoms with Crippen molar-refractivity contribution < 1.29 is 14.6 Å². The number of hydrogen-bond acceptors (Lipinski definition) is 6. The summed E-state index contributed by atoms with van der Waals surface area (Å²) < 4.78 is 7.64. The number of pyridine rings is 1. The van der Waals surface area contributed by atoms with Gasteiger partial charge in [-0.1, -0.05) is 36.4 Å². The molecule has 7 rings (SSSR count). The molecule has 34 heavy (non-hydrogen) atoms. The van der Waals surface area contributed by atoms with Crippen LogP contribution < -0.4 is 10.4 Å². The van der Waals surface area contributed by atoms with Gasteiger partial charge in [0, 0.05) is 35.0 Å². The van der Waals surface area contributed by atoms with Crippen molar-refractivity contribution in [2.45, 2.75) is 35.2 Å². The number of rotatable bonds is 1. The predicted molar refractivity (Wildman–Crippen MR) is 128 cm³/mol. The number of fused-ring (bicyclic) bond motifs is 4. The van der Waals surface area contributed by atoms with Gasteiger partial charge < -0.3 is 14.7 Å². The molecule has 1 amide bonds. The first kappa shape index (κ1) is 20.2. The van der Waals surface area contributed by atoms with E-state index in [-0.39, 0.29) is 17.8 Å². The highest BCUT2D eigenvalue weighted by Gasteiger charge is 2.56. The predicted octanol–water partition coefficient (Wildman–Crippen LogP) is 2.80. The van der Waals surface area contributed by atoms with Gasteiger partial charge in [0.05, 0.1) is 13.2 Å². The van der Waals surface area contributed by atoms with E-state index in [1.807, 2.05) is 11.8 Å². The summed E-state index contributed by atoms with van der Waals surface area (Å²) in [4.78, 5) is 28.9. The van der Waals surface area contributed by atoms with E-state index in [2.05, 4.69) is 47.5 Å². The van der Waals surface area contributed by atoms with Gasteiger partial charge in [0.2, 0.25) is 5.43 Å². The first-order chi connectivity index (χ1) is 16.6. The molecule has 4 heterocycles. The molecule has 4 aliphatic rings. The van der Waals surface area contributed by atoms with E-state index >= 15 is 0 Å². The van der Waals surface area contributed by atoms with Crippen molar-refractivity contribution in [1.82, 2.24) is 9.58 Å². The van der Waals surface area contributed by atoms with E-state index in [0.29, 0.717) is 19.8 Å². The van der Waals surface area contributed by atoms with Crippen molar-refractivity contribution >= 4 is 17.7 Å². The van der Waals surface area contributed by atoms with Crippen LogP contribution in [0.4, 0.5) is 0 Å². The molecule has 1 saturated heterocycles. The van der Waals surface area contributed by atoms with Crippen molar-refractivity contribution in [3.8, 4) is 5.75 Å². The van der Waals surface area contributed by atoms with Crippen molar-refractivity contribution in [3.05, 3.63) is 92.9 Å². The molecule has 0 radical (unpaired) electrons. The summed E-state index contributed by atoms with van der Waals surface area (Å²) >= 11 is 1.84. The van der Waals surface area contributed by atoms with E-state index in [1.165, 1.54) is 33.2 Å². The van der Waals surface area contributed by atoms with Crippen LogP contribution in [0.25, 0.3) is 0 Å². The van der Waals surface area contributed by atoms with Crippen LogP contribution in [0.1, 0.15) is 39.2 Å². The van der Waals surface area contributed by atoms with Crippen LogP contribution in [-0.4, -0.2) is 46.5 Å². The van der Waals surface area contributed by atoms with Gasteiger partial charge in [-0.05, 0) is 35.6 Å². The van der Waals surface area contributed by atoms with Gasteiger partial charge in [0.25, 0.3) is 5.91 Å². The number of hydrogen-bond donors (Lipinski definition) is 1. The zero-order valence-corrected chi connectivity index (χ0v) is 19.3. The van der Waals surface area contributed by atoms with Gasteiger partial charge >= 0.3 is 0 Å². The number of nitrogens with zero attached hydrogens (tertiary/aromatic N) is 3. The second-order valence-corrected chi connectivity index (χ2v) is 10.2. The lowest BCUT2D eigenvalue weighted by molar-refractivity contribution is -0.0257. The number of aryl methyl sites for hydroxylation is 1. The Kier molecular flexibility index (Phi) is 4.23. The van der Waals surface area contributed by atoms with Crippen LogP contribution in [-0.2, 0) is 22.4 Å². The van der Waals surface area contributed by atoms with Crippen LogP contribution in [0.15, 0.2) is 64.4 Å². The minimum Gasteiger partial charge on any atom is -0.502 e. The zero-order valence-electron chi connectivity index (χ0n) is 18.4. The summed E-state index contributed by atoms with van der Waals surface area (Å²) in [6, 6.07) is 16.4. The Hall–Kier alpha value is -3.23. The van der Waals surface area contributed by atoms with Gasteiger partial charge in [-0.15, -0.1) is 11.8 Å². The molecule has 1 N–H and O–H groups in total. The molecule has 1 aliphatic carbocycles. The molecule has 0 spiro atoms. The summed E-state index contributed by atoms with van der Waals surface area (Å²) in [6.07, 6.45) is 2.99. The minimum atomic E-state index is -0.577. The molecular weight excluding hydrogens is 450 g/mol. The number of aromatic hydroxyl groups is 1. The second kappa shape index (κ2) is 7.13. The number of amides is 1. The van der Waals surface area contributed by atoms with Crippen molar-refractivity contribution in [2.24, 2.45) is 0 Å². The van der Waals surface area contributed by atoms with Crippen LogP contribution in [0.2, 0.25) is 0 Å². The fraction of sp³-hybridized carbons (Fsp3) is 0.308. The highest BCUT2D eigenvalue weighted by atomic mass is 32.2. The molecule has 8 heteroatoms. The average Bonchev–Trinajstić information content (AvgIpc) is 3.19. The number of carbonyl (C=O) groups is 1. The summed E-state index contributed by atoms with van der Waals surface area (Å²) in [5.41, 5.74) is 3.92. The Balaban J connectivity index is 1.60. The van der Waals surface area contributed by atoms with Crippen molar-refractivity contribution in [2.75, 3.05) is 24.8 Å². The molecule has 0 bridgehead atoms. The summed E-state index contributed by atoms with van der Waals surface area (Å²) in [5, 5.41) is 13.0. The van der Waals surface area contributed by atoms with Gasteiger partial charge in [-0.2, -0.15) is 0 Å². The third kappa shape index (κ3) is 2.47. The first-order valence-electron chi connectivity index (χ1n) is 11.6. The number of aromatic nitrogens is 1. The molecule has 7 nitrogen and oxygen atoms in total. The summed E-state index contributed by atoms with van der Waals surface area (Å²) in [7, 11) is 0. The fourth-order valence-electron chi connectivity index (χ4n) is 6.29. The van der Waals surface area contributed by atoms with Crippen LogP contribution in [0, 0.1) is 0 Å². The van der Waals surface area contributed by atoms with E-state index in [0.717, 1.165) is 18.6 Å². The Bertz CT molecular complexity index is 1420. The Morgan fingerprint density at radius 2 is 1.91 bits per heavy atom. The third-order valence-electron chi connectivity index (χ3n) is 7.65. The maximum atomic E-state index is 13.5. The van der Waals surface area contributed by atoms with Crippen LogP contribution >= 0.6 is 11.8 Å². The standard InChI is InChI=1S/C26H23N3O4S/c30-19-9-11-28-23(24(19)31)25(32)27-12-13-33-14-21(27)29(28)26-10-8-16-5-3-7-20(22(16)26)34-15-17-4-1-2-6-18(17)26/h1-7,9,11,21,31H,8,10,12-15H2/t21-,26+/m1/s1. The minimum absolute atomic E-state index is 0.0281. The lowest BCUT2D eigenvalue weighted by Crippen LogP contribution is -2.71. The van der Waals surface area contributed by atoms with E-state index in [4.69, 9.17) is 4.74 Å². The molecule has 0 saturated carbocycles. The SMILES string of the molecule is O=C1c2c(O)c(=O)ccn2N([C@]23CCc4cccc(c42)SCc2ccccc23)[C@@H]2COCCN12. The second-order valence-electron chi connectivity index (χ2n) is 9.22. The molecule has 2 aromatic carbocycles. The topological polar surface area (TPSA) is 75.0 Å². The maximum absolute atomic E-state index is 13.5. The number of thioether (sulfide) groups is 1. The number of morpholine rings is 1. The molecule has 3 aliphatic heterocycles. The molecule has 1 fully saturated rings. The van der Waals surface area contributed by atoms with Crippen molar-refractivity contribution in [3.63, 3.8) is 0 Å². The Labute approximate surface area is 200 Å². The van der Waals surface area contributed by atoms with Gasteiger partial charge in [0.15, 0.2) is 11.4 Å². The summed E-state index contributed by atoms with van der Waals surface area (Å²) in [5.74, 6) is 0.0226. The van der Waals surface area contributed by atoms with E-state index < -0.39 is 16.7 Å². The molecule has 0 unspecified atom stereocenters. The molecule has 172 valence electrons. The lowest BCUT2D eigenvalue weighted by Gasteiger charge is -2.56. The van der Waals surface area contributed by atoms with Gasteiger partial charge in [-0.25, -0.2) is 0 Å². The quantitative estimate of drug-likeness (QED) is 0.586. The Morgan fingerprint density at radius 1 is 1.06 bits per heavy atom. The normalized spacial score (nSPS) is 24.7. The molecule has 3 aromatic rings. The first-order valence-corrected chi connectivity index (χ1v) is 12.6. The highest BCUT2D eigenvalue weighted by molar-refractivity contribution is 7.98. The van der Waals surface area contributed by atoms with Gasteiger partial charge in [-0.3, -0.25) is 19.3 Å². The number of carbonyl (C=O) groups excluding carboxylic acids is 1. The van der Waals surface area contributed by atoms with Gasteiger partial charge in [0.1, 0.15) is 11.7 Å². The highest BCUT2D eigenvalue weighted by Crippen LogP contribution is 2.55. The fourth-order valence-corrected chi connectivity index (χ4v) is 7.47. The molecular formula is C26H23N3O4S. The average molecular weight is 474 g/mol. The zero-order chi connectivity index (χ0) is 23.0. The smallest absolute Gasteiger partial charge is 0.278 e. The maximum Gasteiger partial charge on any atom is 0.278 e. The molecule has 2 atom stereocenters. The van der Waals surface area contributed by atoms with Crippen LogP contribution in [0.3, 0.4) is 0 Å². The monoisotopic (exact) mass is 473 g/mol.